The molecule has 0 aliphatic carbocycles. The molecule has 1 aliphatic rings. The molecule has 0 radical (unpaired) electrons. The zero-order chi connectivity index (χ0) is 24.7. The van der Waals surface area contributed by atoms with Gasteiger partial charge in [0.05, 0.1) is 37.1 Å². The number of anilines is 1. The highest BCUT2D eigenvalue weighted by molar-refractivity contribution is 6.51. The van der Waals surface area contributed by atoms with Crippen LogP contribution in [0.2, 0.25) is 0 Å². The topological polar surface area (TPSA) is 135 Å². The summed E-state index contributed by atoms with van der Waals surface area (Å²) in [5.41, 5.74) is 1.61. The van der Waals surface area contributed by atoms with Gasteiger partial charge in [0.25, 0.3) is 5.78 Å². The SMILES string of the molecule is COC(=O)c1c(C)[nH]c(/C(O)=C2\C(=O)C(=O)N(c3cc(C)on3)C2c2ccc(OC)cc2)c1C. The fourth-order valence-electron chi connectivity index (χ4n) is 4.17. The van der Waals surface area contributed by atoms with Crippen molar-refractivity contribution in [3.8, 4) is 5.75 Å². The molecule has 2 N–H and O–H groups in total. The lowest BCUT2D eigenvalue weighted by Crippen LogP contribution is -2.29. The Balaban J connectivity index is 1.95. The molecular formula is C24H23N3O7. The highest BCUT2D eigenvalue weighted by atomic mass is 16.5. The van der Waals surface area contributed by atoms with Gasteiger partial charge in [0.1, 0.15) is 17.3 Å². The highest BCUT2D eigenvalue weighted by Gasteiger charge is 2.48. The van der Waals surface area contributed by atoms with Crippen molar-refractivity contribution in [2.45, 2.75) is 26.8 Å². The maximum absolute atomic E-state index is 13.2. The Morgan fingerprint density at radius 3 is 2.38 bits per heavy atom. The van der Waals surface area contributed by atoms with Crippen LogP contribution in [0.25, 0.3) is 5.76 Å². The Labute approximate surface area is 194 Å². The van der Waals surface area contributed by atoms with Crippen LogP contribution < -0.4 is 9.64 Å². The summed E-state index contributed by atoms with van der Waals surface area (Å²) in [6.45, 7) is 4.92. The number of ether oxygens (including phenoxy) is 2. The highest BCUT2D eigenvalue weighted by Crippen LogP contribution is 2.42. The van der Waals surface area contributed by atoms with Crippen molar-refractivity contribution in [3.63, 3.8) is 0 Å². The first kappa shape index (κ1) is 22.8. The molecule has 1 aliphatic heterocycles. The van der Waals surface area contributed by atoms with Gasteiger partial charge in [-0.3, -0.25) is 14.5 Å². The van der Waals surface area contributed by atoms with Crippen molar-refractivity contribution in [3.05, 3.63) is 69.7 Å². The van der Waals surface area contributed by atoms with E-state index in [0.29, 0.717) is 28.3 Å². The van der Waals surface area contributed by atoms with Crippen LogP contribution in [0.5, 0.6) is 5.75 Å². The molecule has 1 unspecified atom stereocenters. The van der Waals surface area contributed by atoms with E-state index in [2.05, 4.69) is 10.1 Å². The molecule has 2 aromatic heterocycles. The first-order valence-corrected chi connectivity index (χ1v) is 10.4. The third kappa shape index (κ3) is 3.53. The second kappa shape index (κ2) is 8.54. The Bertz CT molecular complexity index is 1330. The van der Waals surface area contributed by atoms with Gasteiger partial charge in [-0.15, -0.1) is 0 Å². The minimum Gasteiger partial charge on any atom is -0.505 e. The van der Waals surface area contributed by atoms with Gasteiger partial charge in [-0.25, -0.2) is 4.79 Å². The first-order valence-electron chi connectivity index (χ1n) is 10.4. The smallest absolute Gasteiger partial charge is 0.339 e. The largest absolute Gasteiger partial charge is 0.505 e. The monoisotopic (exact) mass is 465 g/mol. The van der Waals surface area contributed by atoms with Gasteiger partial charge in [0.2, 0.25) is 0 Å². The minimum absolute atomic E-state index is 0.133. The molecule has 1 fully saturated rings. The molecular weight excluding hydrogens is 442 g/mol. The lowest BCUT2D eigenvalue weighted by Gasteiger charge is -2.23. The van der Waals surface area contributed by atoms with E-state index in [0.717, 1.165) is 0 Å². The van der Waals surface area contributed by atoms with Crippen LogP contribution in [0.3, 0.4) is 0 Å². The molecule has 176 valence electrons. The number of hydrogen-bond acceptors (Lipinski definition) is 8. The third-order valence-corrected chi connectivity index (χ3v) is 5.80. The van der Waals surface area contributed by atoms with E-state index in [1.165, 1.54) is 25.2 Å². The number of aryl methyl sites for hydroxylation is 2. The Morgan fingerprint density at radius 1 is 1.15 bits per heavy atom. The van der Waals surface area contributed by atoms with Crippen LogP contribution in [0.15, 0.2) is 40.4 Å². The summed E-state index contributed by atoms with van der Waals surface area (Å²) in [5, 5.41) is 15.2. The molecule has 1 atom stereocenters. The quantitative estimate of drug-likeness (QED) is 0.253. The van der Waals surface area contributed by atoms with Crippen LogP contribution in [0, 0.1) is 20.8 Å². The molecule has 3 heterocycles. The van der Waals surface area contributed by atoms with Crippen LogP contribution in [0.1, 0.15) is 44.7 Å². The van der Waals surface area contributed by atoms with Crippen molar-refractivity contribution in [1.82, 2.24) is 10.1 Å². The Morgan fingerprint density at radius 2 is 1.82 bits per heavy atom. The molecule has 0 bridgehead atoms. The van der Waals surface area contributed by atoms with Gasteiger partial charge in [0, 0.05) is 11.8 Å². The molecule has 10 nitrogen and oxygen atoms in total. The average molecular weight is 465 g/mol. The number of Topliss-reactive ketones (excluding diaryl/α,β-unsaturated/α-hetero) is 1. The molecule has 0 spiro atoms. The predicted octanol–water partition coefficient (Wildman–Crippen LogP) is 3.35. The van der Waals surface area contributed by atoms with Crippen LogP contribution in [0.4, 0.5) is 5.82 Å². The summed E-state index contributed by atoms with van der Waals surface area (Å²) in [4.78, 5) is 42.7. The number of nitrogens with zero attached hydrogens (tertiary/aromatic N) is 2. The zero-order valence-corrected chi connectivity index (χ0v) is 19.3. The van der Waals surface area contributed by atoms with E-state index in [1.807, 2.05) is 0 Å². The number of rotatable bonds is 5. The number of carbonyl (C=O) groups excluding carboxylic acids is 3. The molecule has 1 aromatic carbocycles. The summed E-state index contributed by atoms with van der Waals surface area (Å²) < 4.78 is 15.2. The number of esters is 1. The molecule has 4 rings (SSSR count). The number of carbonyl (C=O) groups is 3. The fraction of sp³-hybridized carbons (Fsp3) is 0.250. The van der Waals surface area contributed by atoms with Gasteiger partial charge < -0.3 is 24.1 Å². The maximum Gasteiger partial charge on any atom is 0.339 e. The van der Waals surface area contributed by atoms with Gasteiger partial charge in [0.15, 0.2) is 5.82 Å². The number of methoxy groups -OCH3 is 2. The van der Waals surface area contributed by atoms with Gasteiger partial charge >= 0.3 is 11.9 Å². The van der Waals surface area contributed by atoms with Crippen molar-refractivity contribution in [2.75, 3.05) is 19.1 Å². The van der Waals surface area contributed by atoms with Crippen molar-refractivity contribution in [2.24, 2.45) is 0 Å². The van der Waals surface area contributed by atoms with Crippen molar-refractivity contribution in [1.29, 1.82) is 0 Å². The molecule has 1 saturated heterocycles. The molecule has 0 saturated carbocycles. The normalized spacial score (nSPS) is 17.3. The Hall–Kier alpha value is -4.34. The van der Waals surface area contributed by atoms with Crippen LogP contribution in [-0.2, 0) is 14.3 Å². The predicted molar refractivity (Wildman–Crippen MR) is 121 cm³/mol. The fourth-order valence-corrected chi connectivity index (χ4v) is 4.17. The maximum atomic E-state index is 13.2. The average Bonchev–Trinajstić information content (AvgIpc) is 3.46. The summed E-state index contributed by atoms with van der Waals surface area (Å²) >= 11 is 0. The molecule has 34 heavy (non-hydrogen) atoms. The van der Waals surface area contributed by atoms with Crippen LogP contribution >= 0.6 is 0 Å². The Kier molecular flexibility index (Phi) is 5.74. The number of hydrogen-bond donors (Lipinski definition) is 2. The number of benzene rings is 1. The summed E-state index contributed by atoms with van der Waals surface area (Å²) in [7, 11) is 2.78. The van der Waals surface area contributed by atoms with E-state index in [1.54, 1.807) is 45.0 Å². The van der Waals surface area contributed by atoms with Crippen molar-refractivity contribution >= 4 is 29.2 Å². The second-order valence-corrected chi connectivity index (χ2v) is 7.85. The van der Waals surface area contributed by atoms with E-state index in [-0.39, 0.29) is 22.6 Å². The number of aliphatic hydroxyl groups excluding tert-OH is 1. The standard InChI is InChI=1S/C24H23N3O7/c1-11-10-16(26-34-11)27-20(14-6-8-15(32-4)9-7-14)18(22(29)23(27)30)21(28)19-12(2)17(13(3)25-19)24(31)33-5/h6-10,20,25,28H,1-5H3/b21-18+. The summed E-state index contributed by atoms with van der Waals surface area (Å²) in [5.74, 6) is -1.64. The number of aromatic nitrogens is 2. The second-order valence-electron chi connectivity index (χ2n) is 7.85. The summed E-state index contributed by atoms with van der Waals surface area (Å²) in [6.07, 6.45) is 0. The number of ketones is 1. The van der Waals surface area contributed by atoms with Gasteiger partial charge in [-0.1, -0.05) is 17.3 Å². The molecule has 1 amide bonds. The van der Waals surface area contributed by atoms with Crippen LogP contribution in [-0.4, -0.2) is 47.1 Å². The molecule has 3 aromatic rings. The first-order chi connectivity index (χ1) is 16.2. The number of nitrogens with one attached hydrogen (secondary N) is 1. The number of H-pyrrole nitrogens is 1. The summed E-state index contributed by atoms with van der Waals surface area (Å²) in [6, 6.07) is 7.28. The van der Waals surface area contributed by atoms with E-state index >= 15 is 0 Å². The third-order valence-electron chi connectivity index (χ3n) is 5.80. The molecule has 10 heteroatoms. The van der Waals surface area contributed by atoms with E-state index < -0.39 is 29.5 Å². The van der Waals surface area contributed by atoms with Gasteiger partial charge in [-0.05, 0) is 44.0 Å². The lowest BCUT2D eigenvalue weighted by molar-refractivity contribution is -0.132. The van der Waals surface area contributed by atoms with Gasteiger partial charge in [-0.2, -0.15) is 0 Å². The number of aliphatic hydroxyl groups is 1. The zero-order valence-electron chi connectivity index (χ0n) is 19.3. The van der Waals surface area contributed by atoms with E-state index in [9.17, 15) is 19.5 Å². The minimum atomic E-state index is -1.00. The van der Waals surface area contributed by atoms with E-state index in [4.69, 9.17) is 14.0 Å². The lowest BCUT2D eigenvalue weighted by atomic mass is 9.95. The van der Waals surface area contributed by atoms with Crippen molar-refractivity contribution < 1.29 is 33.5 Å². The number of amides is 1. The number of aromatic amines is 1.